The first-order valence-corrected chi connectivity index (χ1v) is 5.88. The maximum Gasteiger partial charge on any atom is 0.113 e. The third-order valence-electron chi connectivity index (χ3n) is 2.33. The fourth-order valence-electron chi connectivity index (χ4n) is 1.52. The summed E-state index contributed by atoms with van der Waals surface area (Å²) in [6, 6.07) is 9.98. The first-order chi connectivity index (χ1) is 7.93. The van der Waals surface area contributed by atoms with Crippen molar-refractivity contribution in [2.24, 2.45) is 0 Å². The molecule has 0 N–H and O–H groups in total. The van der Waals surface area contributed by atoms with Crippen molar-refractivity contribution in [1.29, 1.82) is 0 Å². The molecule has 0 fully saturated rings. The number of benzene rings is 1. The van der Waals surface area contributed by atoms with E-state index in [0.717, 1.165) is 11.0 Å². The lowest BCUT2D eigenvalue weighted by Crippen LogP contribution is -1.87. The Bertz CT molecular complexity index is 623. The summed E-state index contributed by atoms with van der Waals surface area (Å²) in [5, 5.41) is 12.3. The average molecular weight is 227 g/mol. The highest BCUT2D eigenvalue weighted by Crippen LogP contribution is 2.12. The number of thiophene rings is 1. The van der Waals surface area contributed by atoms with Gasteiger partial charge in [-0.2, -0.15) is 11.3 Å². The Labute approximate surface area is 96.6 Å². The number of aromatic nitrogens is 3. The van der Waals surface area contributed by atoms with Gasteiger partial charge in [-0.3, -0.25) is 0 Å². The molecule has 0 spiro atoms. The van der Waals surface area contributed by atoms with E-state index in [2.05, 4.69) is 27.1 Å². The molecule has 0 aliphatic rings. The number of fused-ring (bicyclic) bond motifs is 1. The zero-order valence-corrected chi connectivity index (χ0v) is 9.26. The van der Waals surface area contributed by atoms with E-state index in [9.17, 15) is 0 Å². The van der Waals surface area contributed by atoms with Crippen LogP contribution >= 0.6 is 11.3 Å². The molecule has 0 radical (unpaired) electrons. The Hall–Kier alpha value is -1.94. The van der Waals surface area contributed by atoms with Gasteiger partial charge in [-0.15, -0.1) is 5.10 Å². The molecule has 4 heteroatoms. The van der Waals surface area contributed by atoms with Crippen molar-refractivity contribution >= 4 is 34.6 Å². The van der Waals surface area contributed by atoms with E-state index in [4.69, 9.17) is 0 Å². The summed E-state index contributed by atoms with van der Waals surface area (Å²) in [5.74, 6) is 0. The quantitative estimate of drug-likeness (QED) is 0.673. The van der Waals surface area contributed by atoms with Crippen LogP contribution in [0.5, 0.6) is 0 Å². The molecule has 0 atom stereocenters. The predicted molar refractivity (Wildman–Crippen MR) is 67.1 cm³/mol. The van der Waals surface area contributed by atoms with Crippen LogP contribution in [0.4, 0.5) is 0 Å². The molecule has 1 aromatic carbocycles. The largest absolute Gasteiger partial charge is 0.220 e. The van der Waals surface area contributed by atoms with Gasteiger partial charge in [-0.25, -0.2) is 4.68 Å². The molecule has 0 aliphatic carbocycles. The van der Waals surface area contributed by atoms with Crippen molar-refractivity contribution in [3.8, 4) is 0 Å². The van der Waals surface area contributed by atoms with Crippen molar-refractivity contribution in [1.82, 2.24) is 15.0 Å². The second-order valence-corrected chi connectivity index (χ2v) is 4.18. The normalized spacial score (nSPS) is 11.5. The SMILES string of the molecule is C(=C\n1nnc2ccccc21)/c1ccsc1. The Morgan fingerprint density at radius 1 is 1.19 bits per heavy atom. The van der Waals surface area contributed by atoms with Gasteiger partial charge >= 0.3 is 0 Å². The predicted octanol–water partition coefficient (Wildman–Crippen LogP) is 3.12. The standard InChI is InChI=1S/C12H9N3S/c1-2-4-12-11(3-1)13-14-15(12)7-5-10-6-8-16-9-10/h1-9H/b7-5+. The van der Waals surface area contributed by atoms with Crippen molar-refractivity contribution < 1.29 is 0 Å². The van der Waals surface area contributed by atoms with E-state index < -0.39 is 0 Å². The average Bonchev–Trinajstić information content (AvgIpc) is 2.96. The lowest BCUT2D eigenvalue weighted by Gasteiger charge is -1.92. The van der Waals surface area contributed by atoms with Crippen LogP contribution in [0.15, 0.2) is 41.1 Å². The molecule has 16 heavy (non-hydrogen) atoms. The maximum absolute atomic E-state index is 4.08. The highest BCUT2D eigenvalue weighted by Gasteiger charge is 1.99. The molecule has 3 rings (SSSR count). The van der Waals surface area contributed by atoms with E-state index in [1.165, 1.54) is 5.56 Å². The molecule has 3 nitrogen and oxygen atoms in total. The molecule has 0 saturated heterocycles. The minimum absolute atomic E-state index is 0.914. The van der Waals surface area contributed by atoms with E-state index in [1.807, 2.05) is 36.5 Å². The van der Waals surface area contributed by atoms with Crippen molar-refractivity contribution in [3.63, 3.8) is 0 Å². The van der Waals surface area contributed by atoms with Crippen molar-refractivity contribution in [2.45, 2.75) is 0 Å². The minimum atomic E-state index is 0.914. The first kappa shape index (κ1) is 9.30. The van der Waals surface area contributed by atoms with Gasteiger partial charge in [-0.05, 0) is 40.6 Å². The first-order valence-electron chi connectivity index (χ1n) is 4.94. The van der Waals surface area contributed by atoms with Crippen LogP contribution in [-0.4, -0.2) is 15.0 Å². The van der Waals surface area contributed by atoms with Crippen molar-refractivity contribution in [2.75, 3.05) is 0 Å². The summed E-state index contributed by atoms with van der Waals surface area (Å²) in [4.78, 5) is 0. The molecular formula is C12H9N3S. The molecule has 0 bridgehead atoms. The second-order valence-electron chi connectivity index (χ2n) is 3.40. The Morgan fingerprint density at radius 2 is 2.12 bits per heavy atom. The van der Waals surface area contributed by atoms with Crippen LogP contribution in [-0.2, 0) is 0 Å². The molecule has 2 heterocycles. The summed E-state index contributed by atoms with van der Waals surface area (Å²) in [6.07, 6.45) is 3.95. The van der Waals surface area contributed by atoms with Gasteiger partial charge in [0.15, 0.2) is 0 Å². The van der Waals surface area contributed by atoms with Gasteiger partial charge in [0.1, 0.15) is 5.52 Å². The lowest BCUT2D eigenvalue weighted by atomic mass is 10.3. The maximum atomic E-state index is 4.08. The fraction of sp³-hybridized carbons (Fsp3) is 0. The van der Waals surface area contributed by atoms with Gasteiger partial charge in [0.2, 0.25) is 0 Å². The fourth-order valence-corrected chi connectivity index (χ4v) is 2.15. The second kappa shape index (κ2) is 3.90. The molecule has 2 aromatic heterocycles. The summed E-state index contributed by atoms with van der Waals surface area (Å²) < 4.78 is 1.78. The molecular weight excluding hydrogens is 218 g/mol. The monoisotopic (exact) mass is 227 g/mol. The minimum Gasteiger partial charge on any atom is -0.220 e. The molecule has 0 unspecified atom stereocenters. The third kappa shape index (κ3) is 1.63. The molecule has 0 amide bonds. The van der Waals surface area contributed by atoms with Gasteiger partial charge in [0.25, 0.3) is 0 Å². The molecule has 78 valence electrons. The summed E-state index contributed by atoms with van der Waals surface area (Å²) in [5.41, 5.74) is 3.12. The number of para-hydroxylation sites is 1. The van der Waals surface area contributed by atoms with E-state index in [0.29, 0.717) is 0 Å². The lowest BCUT2D eigenvalue weighted by molar-refractivity contribution is 0.863. The van der Waals surface area contributed by atoms with Crippen LogP contribution in [0.3, 0.4) is 0 Å². The van der Waals surface area contributed by atoms with E-state index >= 15 is 0 Å². The number of rotatable bonds is 2. The third-order valence-corrected chi connectivity index (χ3v) is 3.03. The summed E-state index contributed by atoms with van der Waals surface area (Å²) in [6.45, 7) is 0. The smallest absolute Gasteiger partial charge is 0.113 e. The van der Waals surface area contributed by atoms with E-state index in [1.54, 1.807) is 16.0 Å². The number of nitrogens with zero attached hydrogens (tertiary/aromatic N) is 3. The zero-order valence-electron chi connectivity index (χ0n) is 8.45. The van der Waals surface area contributed by atoms with Crippen molar-refractivity contribution in [3.05, 3.63) is 46.7 Å². The van der Waals surface area contributed by atoms with Crippen LogP contribution in [0.2, 0.25) is 0 Å². The molecule has 3 aromatic rings. The summed E-state index contributed by atoms with van der Waals surface area (Å²) >= 11 is 1.68. The highest BCUT2D eigenvalue weighted by molar-refractivity contribution is 7.08. The van der Waals surface area contributed by atoms with Crippen LogP contribution < -0.4 is 0 Å². The van der Waals surface area contributed by atoms with E-state index in [-0.39, 0.29) is 0 Å². The van der Waals surface area contributed by atoms with Gasteiger partial charge in [0.05, 0.1) is 5.52 Å². The molecule has 0 aliphatic heterocycles. The molecule has 0 saturated carbocycles. The van der Waals surface area contributed by atoms with Crippen LogP contribution in [0.25, 0.3) is 23.3 Å². The van der Waals surface area contributed by atoms with Gasteiger partial charge in [0, 0.05) is 6.20 Å². The Morgan fingerprint density at radius 3 is 3.00 bits per heavy atom. The number of hydrogen-bond donors (Lipinski definition) is 0. The zero-order chi connectivity index (χ0) is 10.8. The Kier molecular flexibility index (Phi) is 2.27. The number of hydrogen-bond acceptors (Lipinski definition) is 3. The topological polar surface area (TPSA) is 30.7 Å². The van der Waals surface area contributed by atoms with Gasteiger partial charge in [-0.1, -0.05) is 17.3 Å². The Balaban J connectivity index is 2.01. The van der Waals surface area contributed by atoms with Crippen LogP contribution in [0.1, 0.15) is 5.56 Å². The summed E-state index contributed by atoms with van der Waals surface area (Å²) in [7, 11) is 0. The highest BCUT2D eigenvalue weighted by atomic mass is 32.1. The van der Waals surface area contributed by atoms with Gasteiger partial charge < -0.3 is 0 Å². The van der Waals surface area contributed by atoms with Crippen LogP contribution in [0, 0.1) is 0 Å².